The molecule has 0 saturated heterocycles. The van der Waals surface area contributed by atoms with E-state index >= 15 is 0 Å². The molecule has 9 aromatic carbocycles. The molecule has 0 aliphatic carbocycles. The number of benzene rings is 9. The van der Waals surface area contributed by atoms with Crippen LogP contribution in [0.5, 0.6) is 0 Å². The summed E-state index contributed by atoms with van der Waals surface area (Å²) in [7, 11) is 0. The monoisotopic (exact) mass is 1120 g/mol. The molecule has 71 heavy (non-hydrogen) atoms. The van der Waals surface area contributed by atoms with Crippen molar-refractivity contribution in [1.82, 2.24) is 14.5 Å². The van der Waals surface area contributed by atoms with E-state index in [9.17, 15) is 0 Å². The van der Waals surface area contributed by atoms with Crippen LogP contribution in [0.4, 0.5) is 0 Å². The van der Waals surface area contributed by atoms with Crippen molar-refractivity contribution in [2.75, 3.05) is 0 Å². The average molecular weight is 1120 g/mol. The summed E-state index contributed by atoms with van der Waals surface area (Å²) in [6.07, 6.45) is 0. The second-order valence-electron chi connectivity index (χ2n) is 19.7. The fraction of sp³-hybridized carbons (Fsp3) is 0.200. The van der Waals surface area contributed by atoms with Crippen LogP contribution in [0.1, 0.15) is 111 Å². The van der Waals surface area contributed by atoms with Gasteiger partial charge in [0.15, 0.2) is 0 Å². The van der Waals surface area contributed by atoms with Gasteiger partial charge in [0.05, 0.1) is 33.7 Å². The Morgan fingerprint density at radius 2 is 1.27 bits per heavy atom. The van der Waals surface area contributed by atoms with Gasteiger partial charge in [0.1, 0.15) is 0 Å². The standard InChI is InChI=1S/C40H33N2S.C25H25N2.Ir/c1-23(2)27-12-9-13-28(24(3)4)38(27)42-36-18-7-6-17-35(36)41-40(42)32-16-10-15-31-34-21-26-19-20-29-25(5)11-8-14-30(29)33(26)22-37(34)43-39(31)32;1-17(2)20-13-10-14-21(18(3)4)24(20)27-23-16-9-8-15-22(23)26-25(27)19-11-6-5-7-12-19;/h6-15,17-24H,1-5H3;5-11,13-18H,1-4H3;/q2*-1;+3/i5D3;;. The van der Waals surface area contributed by atoms with E-state index < -0.39 is 6.85 Å². The van der Waals surface area contributed by atoms with E-state index in [4.69, 9.17) is 14.1 Å². The summed E-state index contributed by atoms with van der Waals surface area (Å²) in [4.78, 5) is 10.3. The number of hydrogen-bond donors (Lipinski definition) is 0. The second kappa shape index (κ2) is 19.5. The maximum absolute atomic E-state index is 8.09. The molecule has 6 heteroatoms. The molecule has 12 aromatic rings. The molecule has 0 atom stereocenters. The van der Waals surface area contributed by atoms with Gasteiger partial charge in [-0.25, -0.2) is 0 Å². The SMILES string of the molecule is CC(C)c1cccc(C(C)C)c1-n1c(-c2[c-]cccc2)nc2ccccc21.[2H]C([2H])([2H])c1cccc2c1ccc1cc3c(cc12)sc1c(-c2[n-]c4ccccc4[n+]2-c2c(C(C)C)cccc2C(C)C)[c-]ccc13.[Ir+3]. The van der Waals surface area contributed by atoms with Crippen LogP contribution in [-0.2, 0) is 20.1 Å². The maximum atomic E-state index is 8.09. The molecular formula is C65H58IrN4S+. The van der Waals surface area contributed by atoms with Crippen molar-refractivity contribution in [3.05, 3.63) is 204 Å². The van der Waals surface area contributed by atoms with Crippen molar-refractivity contribution in [3.8, 4) is 34.2 Å². The van der Waals surface area contributed by atoms with Crippen LogP contribution in [0.15, 0.2) is 164 Å². The van der Waals surface area contributed by atoms with Crippen molar-refractivity contribution >= 4 is 75.1 Å². The van der Waals surface area contributed by atoms with Gasteiger partial charge in [0.2, 0.25) is 0 Å². The molecule has 0 N–H and O–H groups in total. The van der Waals surface area contributed by atoms with Crippen LogP contribution in [0, 0.1) is 19.0 Å². The van der Waals surface area contributed by atoms with Gasteiger partial charge in [0.25, 0.3) is 0 Å². The third kappa shape index (κ3) is 8.40. The molecule has 0 bridgehead atoms. The minimum Gasteiger partial charge on any atom is -0.333 e. The zero-order valence-corrected chi connectivity index (χ0v) is 44.6. The number of nitrogens with zero attached hydrogens (tertiary/aromatic N) is 4. The van der Waals surface area contributed by atoms with Crippen LogP contribution >= 0.6 is 11.3 Å². The van der Waals surface area contributed by atoms with E-state index in [1.165, 1.54) is 44.4 Å². The molecular weight excluding hydrogens is 1060 g/mol. The van der Waals surface area contributed by atoms with E-state index in [2.05, 4.69) is 192 Å². The van der Waals surface area contributed by atoms with Gasteiger partial charge in [-0.3, -0.25) is 9.97 Å². The number of fused-ring (bicyclic) bond motifs is 8. The van der Waals surface area contributed by atoms with Crippen LogP contribution in [0.3, 0.4) is 0 Å². The van der Waals surface area contributed by atoms with Crippen molar-refractivity contribution in [2.24, 2.45) is 0 Å². The number of para-hydroxylation sites is 6. The van der Waals surface area contributed by atoms with Crippen LogP contribution < -0.4 is 9.55 Å². The molecule has 12 rings (SSSR count). The van der Waals surface area contributed by atoms with E-state index in [-0.39, 0.29) is 20.1 Å². The third-order valence-electron chi connectivity index (χ3n) is 13.9. The van der Waals surface area contributed by atoms with Crippen LogP contribution in [-0.4, -0.2) is 9.55 Å². The van der Waals surface area contributed by atoms with Gasteiger partial charge in [-0.05, 0) is 126 Å². The Balaban J connectivity index is 0.000000191. The molecule has 352 valence electrons. The molecule has 0 spiro atoms. The Bertz CT molecular complexity index is 3990. The Morgan fingerprint density at radius 3 is 1.97 bits per heavy atom. The summed E-state index contributed by atoms with van der Waals surface area (Å²) in [5.41, 5.74) is 14.4. The topological polar surface area (TPSA) is 35.8 Å². The second-order valence-corrected chi connectivity index (χ2v) is 20.8. The van der Waals surface area contributed by atoms with Crippen molar-refractivity contribution in [3.63, 3.8) is 0 Å². The number of aryl methyl sites for hydroxylation is 1. The molecule has 0 aliphatic rings. The normalized spacial score (nSPS) is 12.6. The molecule has 0 aliphatic heterocycles. The van der Waals surface area contributed by atoms with E-state index in [0.29, 0.717) is 29.2 Å². The Morgan fingerprint density at radius 1 is 0.592 bits per heavy atom. The molecule has 0 unspecified atom stereocenters. The molecule has 3 heterocycles. The number of hydrogen-bond acceptors (Lipinski definition) is 2. The minimum atomic E-state index is -2.17. The first kappa shape index (κ1) is 44.3. The van der Waals surface area contributed by atoms with Crippen molar-refractivity contribution in [1.29, 1.82) is 0 Å². The first-order valence-electron chi connectivity index (χ1n) is 26.1. The largest absolute Gasteiger partial charge is 3.00 e. The summed E-state index contributed by atoms with van der Waals surface area (Å²) in [5, 5.41) is 6.26. The molecule has 4 nitrogen and oxygen atoms in total. The summed E-state index contributed by atoms with van der Waals surface area (Å²) in [5.74, 6) is 3.36. The van der Waals surface area contributed by atoms with E-state index in [1.54, 1.807) is 17.4 Å². The predicted molar refractivity (Wildman–Crippen MR) is 297 cm³/mol. The summed E-state index contributed by atoms with van der Waals surface area (Å²) >= 11 is 1.76. The van der Waals surface area contributed by atoms with Gasteiger partial charge >= 0.3 is 20.1 Å². The first-order valence-corrected chi connectivity index (χ1v) is 25.4. The van der Waals surface area contributed by atoms with Gasteiger partial charge in [-0.1, -0.05) is 157 Å². The zero-order valence-electron chi connectivity index (χ0n) is 44.4. The van der Waals surface area contributed by atoms with Gasteiger partial charge in [-0.2, -0.15) is 11.3 Å². The fourth-order valence-electron chi connectivity index (χ4n) is 10.4. The summed E-state index contributed by atoms with van der Waals surface area (Å²) in [6, 6.07) is 63.5. The smallest absolute Gasteiger partial charge is 0.333 e. The van der Waals surface area contributed by atoms with Crippen molar-refractivity contribution in [2.45, 2.75) is 85.9 Å². The van der Waals surface area contributed by atoms with Gasteiger partial charge < -0.3 is 9.13 Å². The Hall–Kier alpha value is -6.69. The molecule has 0 amide bonds. The maximum Gasteiger partial charge on any atom is 3.00 e. The first-order chi connectivity index (χ1) is 35.2. The number of rotatable bonds is 8. The number of aromatic nitrogens is 4. The Labute approximate surface area is 439 Å². The predicted octanol–water partition coefficient (Wildman–Crippen LogP) is 17.5. The van der Waals surface area contributed by atoms with E-state index in [1.807, 2.05) is 42.5 Å². The van der Waals surface area contributed by atoms with Gasteiger partial charge in [0, 0.05) is 20.2 Å². The van der Waals surface area contributed by atoms with Crippen molar-refractivity contribution < 1.29 is 28.8 Å². The summed E-state index contributed by atoms with van der Waals surface area (Å²) in [6.45, 7) is 15.9. The van der Waals surface area contributed by atoms with Crippen LogP contribution in [0.25, 0.3) is 97.9 Å². The minimum absolute atomic E-state index is 0. The van der Waals surface area contributed by atoms with Gasteiger partial charge in [-0.15, -0.1) is 54.1 Å². The molecule has 0 fully saturated rings. The number of thiophene rings is 1. The molecule has 0 saturated carbocycles. The fourth-order valence-corrected chi connectivity index (χ4v) is 11.6. The molecule has 3 aromatic heterocycles. The quantitative estimate of drug-likeness (QED) is 0.0864. The van der Waals surface area contributed by atoms with E-state index in [0.717, 1.165) is 75.8 Å². The average Bonchev–Trinajstić information content (AvgIpc) is 4.09. The molecule has 0 radical (unpaired) electrons. The number of imidazole rings is 2. The zero-order chi connectivity index (χ0) is 50.9. The Kier molecular flexibility index (Phi) is 12.1. The third-order valence-corrected chi connectivity index (χ3v) is 15.0. The summed E-state index contributed by atoms with van der Waals surface area (Å²) < 4.78 is 31.3. The van der Waals surface area contributed by atoms with Crippen LogP contribution in [0.2, 0.25) is 0 Å².